The molecule has 16 heavy (non-hydrogen) atoms. The van der Waals surface area contributed by atoms with Gasteiger partial charge in [-0.25, -0.2) is 0 Å². The first-order valence-electron chi connectivity index (χ1n) is 5.86. The molecule has 0 saturated heterocycles. The summed E-state index contributed by atoms with van der Waals surface area (Å²) in [5.41, 5.74) is 7.55. The highest BCUT2D eigenvalue weighted by molar-refractivity contribution is 7.03. The molecule has 0 bridgehead atoms. The minimum atomic E-state index is 0.256. The van der Waals surface area contributed by atoms with Gasteiger partial charge < -0.3 is 5.73 Å². The average molecular weight is 238 g/mol. The number of nitrogens with zero attached hydrogens (tertiary/aromatic N) is 1. The van der Waals surface area contributed by atoms with Gasteiger partial charge in [-0.3, -0.25) is 4.79 Å². The lowest BCUT2D eigenvalue weighted by Crippen LogP contribution is -2.27. The van der Waals surface area contributed by atoms with Crippen LogP contribution in [0.1, 0.15) is 48.2 Å². The van der Waals surface area contributed by atoms with Crippen molar-refractivity contribution in [3.8, 4) is 0 Å². The van der Waals surface area contributed by atoms with Gasteiger partial charge in [0, 0.05) is 17.8 Å². The summed E-state index contributed by atoms with van der Waals surface area (Å²) >= 11 is 1.37. The van der Waals surface area contributed by atoms with Crippen molar-refractivity contribution in [2.24, 2.45) is 11.7 Å². The first kappa shape index (κ1) is 11.7. The molecule has 0 aromatic carbocycles. The fraction of sp³-hybridized carbons (Fsp3) is 0.667. The third kappa shape index (κ3) is 2.68. The number of hydrogen-bond acceptors (Lipinski definition) is 4. The first-order chi connectivity index (χ1) is 7.66. The molecule has 3 nitrogen and oxygen atoms in total. The molecular formula is C12H18N2OS. The van der Waals surface area contributed by atoms with Crippen molar-refractivity contribution in [3.63, 3.8) is 0 Å². The molecule has 0 atom stereocenters. The number of aromatic nitrogens is 1. The van der Waals surface area contributed by atoms with E-state index in [0.717, 1.165) is 36.9 Å². The Balaban J connectivity index is 1.91. The minimum absolute atomic E-state index is 0.256. The lowest BCUT2D eigenvalue weighted by molar-refractivity contribution is 0.0947. The van der Waals surface area contributed by atoms with Crippen LogP contribution in [0.25, 0.3) is 0 Å². The van der Waals surface area contributed by atoms with Crippen LogP contribution in [0.5, 0.6) is 0 Å². The summed E-state index contributed by atoms with van der Waals surface area (Å²) < 4.78 is 4.14. The largest absolute Gasteiger partial charge is 0.328 e. The molecule has 1 fully saturated rings. The zero-order valence-electron chi connectivity index (χ0n) is 9.61. The maximum Gasteiger partial charge on any atom is 0.165 e. The molecule has 0 radical (unpaired) electrons. The van der Waals surface area contributed by atoms with Gasteiger partial charge in [-0.2, -0.15) is 4.37 Å². The van der Waals surface area contributed by atoms with Gasteiger partial charge in [0.1, 0.15) is 0 Å². The van der Waals surface area contributed by atoms with Gasteiger partial charge >= 0.3 is 0 Å². The molecule has 4 heteroatoms. The summed E-state index contributed by atoms with van der Waals surface area (Å²) in [4.78, 5) is 12.0. The number of rotatable bonds is 3. The van der Waals surface area contributed by atoms with E-state index in [4.69, 9.17) is 5.73 Å². The SMILES string of the molecule is Cc1nscc1C(=O)CC1CCC(N)CC1. The molecule has 2 N–H and O–H groups in total. The molecule has 0 spiro atoms. The van der Waals surface area contributed by atoms with Crippen molar-refractivity contribution < 1.29 is 4.79 Å². The van der Waals surface area contributed by atoms with E-state index in [1.165, 1.54) is 11.5 Å². The van der Waals surface area contributed by atoms with Crippen LogP contribution in [0.15, 0.2) is 5.38 Å². The highest BCUT2D eigenvalue weighted by Crippen LogP contribution is 2.27. The quantitative estimate of drug-likeness (QED) is 0.823. The summed E-state index contributed by atoms with van der Waals surface area (Å²) in [7, 11) is 0. The monoisotopic (exact) mass is 238 g/mol. The van der Waals surface area contributed by atoms with Gasteiger partial charge in [0.15, 0.2) is 5.78 Å². The second-order valence-corrected chi connectivity index (χ2v) is 5.35. The Hall–Kier alpha value is -0.740. The summed E-state index contributed by atoms with van der Waals surface area (Å²) in [5.74, 6) is 0.790. The Morgan fingerprint density at radius 3 is 2.75 bits per heavy atom. The molecule has 1 aliphatic rings. The Labute approximate surface area is 100 Å². The predicted molar refractivity (Wildman–Crippen MR) is 65.7 cm³/mol. The van der Waals surface area contributed by atoms with E-state index in [2.05, 4.69) is 4.37 Å². The van der Waals surface area contributed by atoms with Crippen LogP contribution < -0.4 is 5.73 Å². The van der Waals surface area contributed by atoms with Gasteiger partial charge in [-0.1, -0.05) is 0 Å². The van der Waals surface area contributed by atoms with E-state index < -0.39 is 0 Å². The normalized spacial score (nSPS) is 25.6. The van der Waals surface area contributed by atoms with E-state index in [0.29, 0.717) is 18.4 Å². The highest BCUT2D eigenvalue weighted by atomic mass is 32.1. The maximum absolute atomic E-state index is 12.0. The molecule has 1 aromatic rings. The Morgan fingerprint density at radius 2 is 2.19 bits per heavy atom. The molecule has 1 aromatic heterocycles. The summed E-state index contributed by atoms with van der Waals surface area (Å²) in [5, 5.41) is 1.87. The van der Waals surface area contributed by atoms with E-state index in [1.54, 1.807) is 0 Å². The zero-order chi connectivity index (χ0) is 11.5. The number of carbonyl (C=O) groups excluding carboxylic acids is 1. The van der Waals surface area contributed by atoms with Gasteiger partial charge in [0.2, 0.25) is 0 Å². The number of nitrogens with two attached hydrogens (primary N) is 1. The molecule has 1 aliphatic carbocycles. The van der Waals surface area contributed by atoms with Gasteiger partial charge in [-0.15, -0.1) is 0 Å². The van der Waals surface area contributed by atoms with Crippen LogP contribution in [0, 0.1) is 12.8 Å². The summed E-state index contributed by atoms with van der Waals surface area (Å²) in [6.07, 6.45) is 5.01. The lowest BCUT2D eigenvalue weighted by atomic mass is 9.83. The van der Waals surface area contributed by atoms with E-state index in [9.17, 15) is 4.79 Å². The average Bonchev–Trinajstić information content (AvgIpc) is 2.68. The number of hydrogen-bond donors (Lipinski definition) is 1. The topological polar surface area (TPSA) is 56.0 Å². The summed E-state index contributed by atoms with van der Waals surface area (Å²) in [6, 6.07) is 0.357. The number of carbonyl (C=O) groups is 1. The Morgan fingerprint density at radius 1 is 1.50 bits per heavy atom. The van der Waals surface area contributed by atoms with Crippen molar-refractivity contribution in [2.45, 2.75) is 45.1 Å². The second-order valence-electron chi connectivity index (χ2n) is 4.72. The third-order valence-electron chi connectivity index (χ3n) is 3.42. The Kier molecular flexibility index (Phi) is 3.71. The molecule has 88 valence electrons. The van der Waals surface area contributed by atoms with Crippen LogP contribution in [0.3, 0.4) is 0 Å². The van der Waals surface area contributed by atoms with Gasteiger partial charge in [0.25, 0.3) is 0 Å². The lowest BCUT2D eigenvalue weighted by Gasteiger charge is -2.25. The number of ketones is 1. The van der Waals surface area contributed by atoms with Crippen LogP contribution in [-0.2, 0) is 0 Å². The van der Waals surface area contributed by atoms with Crippen molar-refractivity contribution in [3.05, 3.63) is 16.6 Å². The zero-order valence-corrected chi connectivity index (χ0v) is 10.4. The third-order valence-corrected chi connectivity index (χ3v) is 4.14. The fourth-order valence-electron chi connectivity index (χ4n) is 2.32. The summed E-state index contributed by atoms with van der Waals surface area (Å²) in [6.45, 7) is 1.90. The van der Waals surface area contributed by atoms with Crippen molar-refractivity contribution in [1.29, 1.82) is 0 Å². The van der Waals surface area contributed by atoms with Gasteiger partial charge in [0.05, 0.1) is 11.3 Å². The van der Waals surface area contributed by atoms with Crippen molar-refractivity contribution >= 4 is 17.3 Å². The number of aryl methyl sites for hydroxylation is 1. The van der Waals surface area contributed by atoms with Crippen LogP contribution in [-0.4, -0.2) is 16.2 Å². The highest BCUT2D eigenvalue weighted by Gasteiger charge is 2.22. The second kappa shape index (κ2) is 5.06. The molecule has 0 unspecified atom stereocenters. The van der Waals surface area contributed by atoms with Crippen molar-refractivity contribution in [1.82, 2.24) is 4.37 Å². The number of Topliss-reactive ketones (excluding diaryl/α,β-unsaturated/α-hetero) is 1. The predicted octanol–water partition coefficient (Wildman–Crippen LogP) is 2.54. The maximum atomic E-state index is 12.0. The molecular weight excluding hydrogens is 220 g/mol. The standard InChI is InChI=1S/C12H18N2OS/c1-8-11(7-16-14-8)12(15)6-9-2-4-10(13)5-3-9/h7,9-10H,2-6,13H2,1H3. The Bertz CT molecular complexity index is 367. The molecule has 2 rings (SSSR count). The van der Waals surface area contributed by atoms with Crippen molar-refractivity contribution in [2.75, 3.05) is 0 Å². The van der Waals surface area contributed by atoms with Gasteiger partial charge in [-0.05, 0) is 50.1 Å². The van der Waals surface area contributed by atoms with E-state index >= 15 is 0 Å². The first-order valence-corrected chi connectivity index (χ1v) is 6.70. The smallest absolute Gasteiger partial charge is 0.165 e. The van der Waals surface area contributed by atoms with E-state index in [-0.39, 0.29) is 5.78 Å². The molecule has 0 amide bonds. The molecule has 1 saturated carbocycles. The minimum Gasteiger partial charge on any atom is -0.328 e. The molecule has 1 heterocycles. The molecule has 0 aliphatic heterocycles. The van der Waals surface area contributed by atoms with Crippen LogP contribution >= 0.6 is 11.5 Å². The van der Waals surface area contributed by atoms with Crippen LogP contribution in [0.4, 0.5) is 0 Å². The fourth-order valence-corrected chi connectivity index (χ4v) is 3.04. The van der Waals surface area contributed by atoms with E-state index in [1.807, 2.05) is 12.3 Å². The van der Waals surface area contributed by atoms with Crippen LogP contribution in [0.2, 0.25) is 0 Å².